The van der Waals surface area contributed by atoms with Crippen molar-refractivity contribution in [2.24, 2.45) is 0 Å². The van der Waals surface area contributed by atoms with Crippen molar-refractivity contribution in [3.05, 3.63) is 42.9 Å². The van der Waals surface area contributed by atoms with Crippen LogP contribution in [-0.2, 0) is 6.54 Å². The second-order valence-corrected chi connectivity index (χ2v) is 6.35. The molecule has 0 spiro atoms. The van der Waals surface area contributed by atoms with Gasteiger partial charge in [0.1, 0.15) is 6.10 Å². The van der Waals surface area contributed by atoms with E-state index in [1.165, 1.54) is 0 Å². The lowest BCUT2D eigenvalue weighted by Crippen LogP contribution is -2.40. The molecular formula is C18H25N5O2. The SMILES string of the molecule is CN(C)c1ncccc1O[C@@H]1CCN(C(=O)NCCn2cccc2)C1. The minimum absolute atomic E-state index is 0.00176. The van der Waals surface area contributed by atoms with Crippen LogP contribution in [0.25, 0.3) is 0 Å². The highest BCUT2D eigenvalue weighted by atomic mass is 16.5. The maximum absolute atomic E-state index is 12.3. The molecule has 7 nitrogen and oxygen atoms in total. The lowest BCUT2D eigenvalue weighted by Gasteiger charge is -2.20. The van der Waals surface area contributed by atoms with Gasteiger partial charge in [0, 0.05) is 58.7 Å². The summed E-state index contributed by atoms with van der Waals surface area (Å²) in [7, 11) is 3.88. The summed E-state index contributed by atoms with van der Waals surface area (Å²) in [5.41, 5.74) is 0. The second kappa shape index (κ2) is 7.92. The number of amides is 2. The average Bonchev–Trinajstić information content (AvgIpc) is 3.27. The van der Waals surface area contributed by atoms with Gasteiger partial charge >= 0.3 is 6.03 Å². The standard InChI is InChI=1S/C18H25N5O2/c1-21(2)17-16(6-5-8-19-17)25-15-7-12-23(14-15)18(24)20-9-13-22-10-3-4-11-22/h3-6,8,10-11,15H,7,9,12-14H2,1-2H3,(H,20,24)/t15-/m1/s1. The van der Waals surface area contributed by atoms with Gasteiger partial charge in [0.2, 0.25) is 0 Å². The molecule has 0 unspecified atom stereocenters. The van der Waals surface area contributed by atoms with Gasteiger partial charge in [0.25, 0.3) is 0 Å². The Labute approximate surface area is 148 Å². The number of nitrogens with one attached hydrogen (secondary N) is 1. The van der Waals surface area contributed by atoms with E-state index < -0.39 is 0 Å². The van der Waals surface area contributed by atoms with Crippen LogP contribution in [0.15, 0.2) is 42.9 Å². The molecule has 3 heterocycles. The Morgan fingerprint density at radius 2 is 2.16 bits per heavy atom. The minimum atomic E-state index is -0.0303. The van der Waals surface area contributed by atoms with Gasteiger partial charge in [-0.15, -0.1) is 0 Å². The second-order valence-electron chi connectivity index (χ2n) is 6.35. The number of ether oxygens (including phenoxy) is 1. The molecule has 0 aromatic carbocycles. The summed E-state index contributed by atoms with van der Waals surface area (Å²) in [6.45, 7) is 2.69. The number of carbonyl (C=O) groups is 1. The molecular weight excluding hydrogens is 318 g/mol. The van der Waals surface area contributed by atoms with Crippen molar-refractivity contribution in [2.45, 2.75) is 19.1 Å². The fraction of sp³-hybridized carbons (Fsp3) is 0.444. The van der Waals surface area contributed by atoms with Gasteiger partial charge in [-0.2, -0.15) is 0 Å². The summed E-state index contributed by atoms with van der Waals surface area (Å²) in [5.74, 6) is 1.56. The lowest BCUT2D eigenvalue weighted by molar-refractivity contribution is 0.187. The molecule has 0 radical (unpaired) electrons. The number of anilines is 1. The van der Waals surface area contributed by atoms with Crippen molar-refractivity contribution in [1.82, 2.24) is 19.8 Å². The number of pyridine rings is 1. The fourth-order valence-electron chi connectivity index (χ4n) is 2.92. The Balaban J connectivity index is 1.47. The van der Waals surface area contributed by atoms with E-state index in [1.807, 2.05) is 65.1 Å². The van der Waals surface area contributed by atoms with E-state index in [1.54, 1.807) is 6.20 Å². The Hall–Kier alpha value is -2.70. The predicted octanol–water partition coefficient (Wildman–Crippen LogP) is 1.81. The quantitative estimate of drug-likeness (QED) is 0.869. The van der Waals surface area contributed by atoms with Crippen molar-refractivity contribution in [3.63, 3.8) is 0 Å². The Morgan fingerprint density at radius 3 is 2.92 bits per heavy atom. The van der Waals surface area contributed by atoms with Crippen LogP contribution in [0.2, 0.25) is 0 Å². The van der Waals surface area contributed by atoms with Crippen LogP contribution >= 0.6 is 0 Å². The molecule has 7 heteroatoms. The topological polar surface area (TPSA) is 62.6 Å². The molecule has 134 valence electrons. The summed E-state index contributed by atoms with van der Waals surface area (Å²) < 4.78 is 8.12. The van der Waals surface area contributed by atoms with Crippen molar-refractivity contribution >= 4 is 11.8 Å². The maximum atomic E-state index is 12.3. The van der Waals surface area contributed by atoms with Crippen LogP contribution in [0.5, 0.6) is 5.75 Å². The Morgan fingerprint density at radius 1 is 1.36 bits per heavy atom. The molecule has 25 heavy (non-hydrogen) atoms. The van der Waals surface area contributed by atoms with Crippen LogP contribution in [0.1, 0.15) is 6.42 Å². The number of urea groups is 1. The molecule has 0 bridgehead atoms. The summed E-state index contributed by atoms with van der Waals surface area (Å²) in [6, 6.07) is 7.71. The van der Waals surface area contributed by atoms with E-state index >= 15 is 0 Å². The molecule has 1 N–H and O–H groups in total. The number of hydrogen-bond donors (Lipinski definition) is 1. The van der Waals surface area contributed by atoms with Crippen molar-refractivity contribution in [2.75, 3.05) is 38.6 Å². The third-order valence-corrected chi connectivity index (χ3v) is 4.21. The number of rotatable bonds is 6. The average molecular weight is 343 g/mol. The molecule has 0 saturated carbocycles. The fourth-order valence-corrected chi connectivity index (χ4v) is 2.92. The van der Waals surface area contributed by atoms with Gasteiger partial charge in [-0.3, -0.25) is 0 Å². The van der Waals surface area contributed by atoms with E-state index in [4.69, 9.17) is 4.74 Å². The molecule has 1 fully saturated rings. The largest absolute Gasteiger partial charge is 0.485 e. The number of carbonyl (C=O) groups excluding carboxylic acids is 1. The van der Waals surface area contributed by atoms with Gasteiger partial charge < -0.3 is 24.4 Å². The molecule has 3 rings (SSSR count). The third kappa shape index (κ3) is 4.43. The van der Waals surface area contributed by atoms with E-state index in [0.717, 1.165) is 24.5 Å². The van der Waals surface area contributed by atoms with Gasteiger partial charge in [-0.1, -0.05) is 0 Å². The number of aromatic nitrogens is 2. The van der Waals surface area contributed by atoms with E-state index in [0.29, 0.717) is 19.6 Å². The molecule has 2 aromatic rings. The first-order valence-corrected chi connectivity index (χ1v) is 8.56. The van der Waals surface area contributed by atoms with E-state index in [-0.39, 0.29) is 12.1 Å². The van der Waals surface area contributed by atoms with Crippen LogP contribution in [0, 0.1) is 0 Å². The Bertz CT molecular complexity index is 687. The highest BCUT2D eigenvalue weighted by Crippen LogP contribution is 2.26. The molecule has 1 aliphatic heterocycles. The molecule has 1 atom stereocenters. The van der Waals surface area contributed by atoms with Gasteiger partial charge in [-0.05, 0) is 24.3 Å². The first-order valence-electron chi connectivity index (χ1n) is 8.56. The molecule has 2 aromatic heterocycles. The summed E-state index contributed by atoms with van der Waals surface area (Å²) in [5, 5.41) is 2.97. The summed E-state index contributed by atoms with van der Waals surface area (Å²) in [6.07, 6.45) is 6.55. The zero-order chi connectivity index (χ0) is 17.6. The van der Waals surface area contributed by atoms with Gasteiger partial charge in [0.15, 0.2) is 11.6 Å². The number of nitrogens with zero attached hydrogens (tertiary/aromatic N) is 4. The summed E-state index contributed by atoms with van der Waals surface area (Å²) in [4.78, 5) is 20.4. The first kappa shape index (κ1) is 17.1. The van der Waals surface area contributed by atoms with Crippen molar-refractivity contribution in [1.29, 1.82) is 0 Å². The normalized spacial score (nSPS) is 16.7. The highest BCUT2D eigenvalue weighted by molar-refractivity contribution is 5.74. The van der Waals surface area contributed by atoms with Crippen molar-refractivity contribution < 1.29 is 9.53 Å². The predicted molar refractivity (Wildman–Crippen MR) is 97.0 cm³/mol. The zero-order valence-electron chi connectivity index (χ0n) is 14.8. The van der Waals surface area contributed by atoms with Crippen LogP contribution in [-0.4, -0.2) is 60.3 Å². The van der Waals surface area contributed by atoms with Crippen LogP contribution in [0.4, 0.5) is 10.6 Å². The van der Waals surface area contributed by atoms with E-state index in [9.17, 15) is 4.79 Å². The molecule has 0 aliphatic carbocycles. The van der Waals surface area contributed by atoms with Crippen molar-refractivity contribution in [3.8, 4) is 5.75 Å². The van der Waals surface area contributed by atoms with Gasteiger partial charge in [0.05, 0.1) is 6.54 Å². The Kier molecular flexibility index (Phi) is 5.42. The molecule has 2 amide bonds. The lowest BCUT2D eigenvalue weighted by atomic mass is 10.3. The smallest absolute Gasteiger partial charge is 0.317 e. The molecule has 1 saturated heterocycles. The van der Waals surface area contributed by atoms with Gasteiger partial charge in [-0.25, -0.2) is 9.78 Å². The molecule has 1 aliphatic rings. The monoisotopic (exact) mass is 343 g/mol. The van der Waals surface area contributed by atoms with Crippen LogP contribution < -0.4 is 15.0 Å². The maximum Gasteiger partial charge on any atom is 0.317 e. The summed E-state index contributed by atoms with van der Waals surface area (Å²) >= 11 is 0. The zero-order valence-corrected chi connectivity index (χ0v) is 14.8. The minimum Gasteiger partial charge on any atom is -0.485 e. The number of hydrogen-bond acceptors (Lipinski definition) is 4. The number of likely N-dealkylation sites (tertiary alicyclic amines) is 1. The highest BCUT2D eigenvalue weighted by Gasteiger charge is 2.28. The van der Waals surface area contributed by atoms with E-state index in [2.05, 4.69) is 10.3 Å². The first-order chi connectivity index (χ1) is 12.1. The van der Waals surface area contributed by atoms with Crippen LogP contribution in [0.3, 0.4) is 0 Å². The third-order valence-electron chi connectivity index (χ3n) is 4.21.